The van der Waals surface area contributed by atoms with Gasteiger partial charge in [-0.25, -0.2) is 4.79 Å². The van der Waals surface area contributed by atoms with Crippen LogP contribution in [0.15, 0.2) is 12.2 Å². The second-order valence-electron chi connectivity index (χ2n) is 4.49. The first-order valence-electron chi connectivity index (χ1n) is 7.75. The van der Waals surface area contributed by atoms with Crippen LogP contribution in [0.5, 0.6) is 0 Å². The third-order valence-electron chi connectivity index (χ3n) is 2.25. The molecule has 22 heavy (non-hydrogen) atoms. The van der Waals surface area contributed by atoms with Gasteiger partial charge in [-0.2, -0.15) is 0 Å². The fourth-order valence-corrected chi connectivity index (χ4v) is 4.26. The monoisotopic (exact) mass is 336 g/mol. The average Bonchev–Trinajstić information content (AvgIpc) is 2.40. The van der Waals surface area contributed by atoms with Gasteiger partial charge in [0.2, 0.25) is 0 Å². The van der Waals surface area contributed by atoms with E-state index in [1.54, 1.807) is 20.8 Å². The van der Waals surface area contributed by atoms with Crippen molar-refractivity contribution >= 4 is 14.8 Å². The average molecular weight is 337 g/mol. The van der Waals surface area contributed by atoms with Crippen LogP contribution in [0.1, 0.15) is 48.0 Å². The molecule has 1 atom stereocenters. The van der Waals surface area contributed by atoms with Gasteiger partial charge in [-0.05, 0) is 34.6 Å². The fraction of sp³-hybridized carbons (Fsp3) is 0.800. The van der Waals surface area contributed by atoms with Gasteiger partial charge >= 0.3 is 14.8 Å². The van der Waals surface area contributed by atoms with E-state index < -0.39 is 21.1 Å². The molecule has 0 aliphatic rings. The zero-order chi connectivity index (χ0) is 17.6. The van der Waals surface area contributed by atoms with Crippen molar-refractivity contribution in [3.05, 3.63) is 12.2 Å². The lowest BCUT2D eigenvalue weighted by Crippen LogP contribution is -2.48. The van der Waals surface area contributed by atoms with Crippen LogP contribution in [-0.4, -0.2) is 46.0 Å². The van der Waals surface area contributed by atoms with Crippen molar-refractivity contribution < 1.29 is 27.9 Å². The van der Waals surface area contributed by atoms with E-state index in [2.05, 4.69) is 6.58 Å². The summed E-state index contributed by atoms with van der Waals surface area (Å²) in [6, 6.07) is 0.698. The molecule has 0 amide bonds. The van der Waals surface area contributed by atoms with Gasteiger partial charge in [0.05, 0.1) is 0 Å². The number of hydrogen-bond acceptors (Lipinski definition) is 6. The van der Waals surface area contributed by atoms with Crippen LogP contribution in [0.4, 0.5) is 0 Å². The van der Waals surface area contributed by atoms with Crippen molar-refractivity contribution in [2.24, 2.45) is 0 Å². The second kappa shape index (κ2) is 13.9. The highest BCUT2D eigenvalue weighted by Gasteiger charge is 2.42. The van der Waals surface area contributed by atoms with Crippen molar-refractivity contribution in [3.8, 4) is 0 Å². The summed E-state index contributed by atoms with van der Waals surface area (Å²) < 4.78 is 22.3. The first-order valence-corrected chi connectivity index (χ1v) is 9.68. The quantitative estimate of drug-likeness (QED) is 0.286. The summed E-state index contributed by atoms with van der Waals surface area (Å²) in [7, 11) is -2.77. The molecule has 0 aromatic rings. The molecule has 0 aliphatic carbocycles. The smallest absolute Gasteiger partial charge is 0.434 e. The Balaban J connectivity index is 0. The van der Waals surface area contributed by atoms with Crippen molar-refractivity contribution in [2.75, 3.05) is 19.8 Å². The molecule has 0 heterocycles. The van der Waals surface area contributed by atoms with Gasteiger partial charge in [-0.3, -0.25) is 0 Å². The standard InChI is InChI=1S/C13H26O5Si.C2H6O/c1-7-10-19(15-8-2,16-9-3)18-12(6)17-13(14)11(4)5;1-2-3/h12H,4,7-10H2,1-3,5-6H3;3H,2H2,1H3. The molecular formula is C15H32O6Si. The molecule has 1 N–H and O–H groups in total. The summed E-state index contributed by atoms with van der Waals surface area (Å²) >= 11 is 0. The maximum atomic E-state index is 11.4. The van der Waals surface area contributed by atoms with Gasteiger partial charge in [0.1, 0.15) is 0 Å². The van der Waals surface area contributed by atoms with E-state index in [1.807, 2.05) is 20.8 Å². The maximum absolute atomic E-state index is 11.4. The zero-order valence-corrected chi connectivity index (χ0v) is 15.8. The Morgan fingerprint density at radius 3 is 1.95 bits per heavy atom. The third-order valence-corrected chi connectivity index (χ3v) is 5.51. The largest absolute Gasteiger partial charge is 0.503 e. The van der Waals surface area contributed by atoms with Crippen molar-refractivity contribution in [3.63, 3.8) is 0 Å². The molecule has 0 rings (SSSR count). The molecule has 0 saturated heterocycles. The molecule has 0 radical (unpaired) electrons. The van der Waals surface area contributed by atoms with E-state index in [1.165, 1.54) is 0 Å². The number of esters is 1. The molecule has 0 bridgehead atoms. The predicted octanol–water partition coefficient (Wildman–Crippen LogP) is 2.89. The molecule has 0 spiro atoms. The molecule has 7 heteroatoms. The summed E-state index contributed by atoms with van der Waals surface area (Å²) in [6.07, 6.45) is 0.174. The minimum atomic E-state index is -2.77. The Morgan fingerprint density at radius 2 is 1.64 bits per heavy atom. The van der Waals surface area contributed by atoms with Crippen LogP contribution in [0.3, 0.4) is 0 Å². The summed E-state index contributed by atoms with van der Waals surface area (Å²) in [4.78, 5) is 11.4. The van der Waals surface area contributed by atoms with Crippen LogP contribution in [-0.2, 0) is 22.8 Å². The fourth-order valence-electron chi connectivity index (χ4n) is 1.59. The normalized spacial score (nSPS) is 12.1. The highest BCUT2D eigenvalue weighted by molar-refractivity contribution is 6.60. The van der Waals surface area contributed by atoms with Crippen LogP contribution in [0.25, 0.3) is 0 Å². The molecule has 0 saturated carbocycles. The Kier molecular flexibility index (Phi) is 14.9. The topological polar surface area (TPSA) is 74.2 Å². The van der Waals surface area contributed by atoms with Crippen LogP contribution in [0, 0.1) is 0 Å². The Morgan fingerprint density at radius 1 is 1.18 bits per heavy atom. The number of hydrogen-bond donors (Lipinski definition) is 1. The molecule has 0 fully saturated rings. The molecule has 0 aromatic heterocycles. The van der Waals surface area contributed by atoms with E-state index in [-0.39, 0.29) is 6.61 Å². The van der Waals surface area contributed by atoms with Crippen molar-refractivity contribution in [1.82, 2.24) is 0 Å². The SMILES string of the molecule is C=C(C)C(=O)OC(C)O[Si](CCC)(OCC)OCC.CCO. The van der Waals surface area contributed by atoms with Gasteiger partial charge < -0.3 is 23.1 Å². The summed E-state index contributed by atoms with van der Waals surface area (Å²) in [6.45, 7) is 15.6. The van der Waals surface area contributed by atoms with E-state index >= 15 is 0 Å². The summed E-state index contributed by atoms with van der Waals surface area (Å²) in [5.74, 6) is -0.472. The predicted molar refractivity (Wildman–Crippen MR) is 88.3 cm³/mol. The van der Waals surface area contributed by atoms with Crippen LogP contribution < -0.4 is 0 Å². The highest BCUT2D eigenvalue weighted by Crippen LogP contribution is 2.20. The van der Waals surface area contributed by atoms with Crippen molar-refractivity contribution in [2.45, 2.75) is 60.3 Å². The number of carbonyl (C=O) groups is 1. The zero-order valence-electron chi connectivity index (χ0n) is 14.8. The first kappa shape index (κ1) is 23.5. The van der Waals surface area contributed by atoms with Gasteiger partial charge in [0.25, 0.3) is 0 Å². The summed E-state index contributed by atoms with van der Waals surface area (Å²) in [5, 5.41) is 7.57. The Hall–Kier alpha value is -0.733. The van der Waals surface area contributed by atoms with Gasteiger partial charge in [-0.15, -0.1) is 0 Å². The highest BCUT2D eigenvalue weighted by atomic mass is 28.4. The maximum Gasteiger partial charge on any atom is 0.503 e. The number of carbonyl (C=O) groups excluding carboxylic acids is 1. The lowest BCUT2D eigenvalue weighted by Gasteiger charge is -2.31. The van der Waals surface area contributed by atoms with Gasteiger partial charge in [0.15, 0.2) is 6.29 Å². The number of ether oxygens (including phenoxy) is 1. The lowest BCUT2D eigenvalue weighted by molar-refractivity contribution is -0.162. The van der Waals surface area contributed by atoms with Gasteiger partial charge in [-0.1, -0.05) is 19.9 Å². The Bertz CT molecular complexity index is 291. The molecule has 6 nitrogen and oxygen atoms in total. The van der Waals surface area contributed by atoms with E-state index in [4.69, 9.17) is 23.1 Å². The minimum Gasteiger partial charge on any atom is -0.434 e. The van der Waals surface area contributed by atoms with E-state index in [9.17, 15) is 4.79 Å². The van der Waals surface area contributed by atoms with Crippen molar-refractivity contribution in [1.29, 1.82) is 0 Å². The molecule has 1 unspecified atom stereocenters. The van der Waals surface area contributed by atoms with Gasteiger partial charge in [0, 0.05) is 31.4 Å². The summed E-state index contributed by atoms with van der Waals surface area (Å²) in [5.41, 5.74) is 0.339. The van der Waals surface area contributed by atoms with Crippen LogP contribution >= 0.6 is 0 Å². The molecule has 0 aromatic carbocycles. The molecular weight excluding hydrogens is 304 g/mol. The second-order valence-corrected chi connectivity index (χ2v) is 7.17. The van der Waals surface area contributed by atoms with E-state index in [0.717, 1.165) is 6.42 Å². The van der Waals surface area contributed by atoms with E-state index in [0.29, 0.717) is 24.8 Å². The minimum absolute atomic E-state index is 0.250. The molecule has 132 valence electrons. The number of rotatable bonds is 10. The molecule has 0 aliphatic heterocycles. The van der Waals surface area contributed by atoms with Crippen LogP contribution in [0.2, 0.25) is 6.04 Å². The first-order chi connectivity index (χ1) is 10.3. The Labute approximate surface area is 135 Å². The lowest BCUT2D eigenvalue weighted by atomic mass is 10.4. The third kappa shape index (κ3) is 10.9. The number of aliphatic hydroxyl groups excluding tert-OH is 1. The number of aliphatic hydroxyl groups is 1.